The number of piperidine rings is 1. The van der Waals surface area contributed by atoms with Crippen LogP contribution in [0.2, 0.25) is 0 Å². The average molecular weight is 429 g/mol. The predicted octanol–water partition coefficient (Wildman–Crippen LogP) is 2.34. The smallest absolute Gasteiger partial charge is 0.236 e. The highest BCUT2D eigenvalue weighted by Crippen LogP contribution is 2.21. The summed E-state index contributed by atoms with van der Waals surface area (Å²) >= 11 is 0. The van der Waals surface area contributed by atoms with Gasteiger partial charge in [-0.1, -0.05) is 13.8 Å². The Labute approximate surface area is 185 Å². The van der Waals surface area contributed by atoms with Gasteiger partial charge in [-0.3, -0.25) is 19.3 Å². The number of nitrogens with zero attached hydrogens (tertiary/aromatic N) is 3. The standard InChI is InChI=1S/C24H36N4O3/c1-18-14-19(2)16-28(15-18)24(31)17-27-12-10-26(11-13-27)9-8-23(30)25-22-6-4-21(5-7-22)20(3)29/h4-7,18-19H,8-17H2,1-3H3,(H,25,30). The van der Waals surface area contributed by atoms with Crippen LogP contribution < -0.4 is 5.32 Å². The summed E-state index contributed by atoms with van der Waals surface area (Å²) in [6.07, 6.45) is 1.64. The molecule has 2 aliphatic heterocycles. The van der Waals surface area contributed by atoms with E-state index in [0.29, 0.717) is 42.6 Å². The van der Waals surface area contributed by atoms with Crippen molar-refractivity contribution in [1.29, 1.82) is 0 Å². The van der Waals surface area contributed by atoms with E-state index in [1.165, 1.54) is 13.3 Å². The number of nitrogens with one attached hydrogen (secondary N) is 1. The molecular formula is C24H36N4O3. The van der Waals surface area contributed by atoms with Crippen LogP contribution in [0.15, 0.2) is 24.3 Å². The molecule has 2 fully saturated rings. The number of carbonyl (C=O) groups is 3. The minimum absolute atomic E-state index is 0.0127. The van der Waals surface area contributed by atoms with E-state index in [-0.39, 0.29) is 17.6 Å². The number of rotatable bonds is 7. The fraction of sp³-hybridized carbons (Fsp3) is 0.625. The van der Waals surface area contributed by atoms with Crippen LogP contribution in [0.4, 0.5) is 5.69 Å². The molecule has 0 bridgehead atoms. The van der Waals surface area contributed by atoms with E-state index in [2.05, 4.69) is 29.0 Å². The SMILES string of the molecule is CC(=O)c1ccc(NC(=O)CCN2CCN(CC(=O)N3CC(C)CC(C)C3)CC2)cc1. The van der Waals surface area contributed by atoms with Crippen molar-refractivity contribution in [2.24, 2.45) is 11.8 Å². The number of hydrogen-bond donors (Lipinski definition) is 1. The summed E-state index contributed by atoms with van der Waals surface area (Å²) in [4.78, 5) is 42.8. The van der Waals surface area contributed by atoms with Gasteiger partial charge in [0.05, 0.1) is 6.54 Å². The Balaban J connectivity index is 1.34. The van der Waals surface area contributed by atoms with Gasteiger partial charge in [0.2, 0.25) is 11.8 Å². The van der Waals surface area contributed by atoms with Crippen molar-refractivity contribution < 1.29 is 14.4 Å². The molecule has 2 aliphatic rings. The number of ketones is 1. The number of carbonyl (C=O) groups excluding carboxylic acids is 3. The molecule has 2 amide bonds. The maximum absolute atomic E-state index is 12.7. The lowest BCUT2D eigenvalue weighted by Gasteiger charge is -2.38. The summed E-state index contributed by atoms with van der Waals surface area (Å²) in [6, 6.07) is 6.97. The van der Waals surface area contributed by atoms with E-state index in [4.69, 9.17) is 0 Å². The van der Waals surface area contributed by atoms with Crippen LogP contribution in [0.25, 0.3) is 0 Å². The summed E-state index contributed by atoms with van der Waals surface area (Å²) in [7, 11) is 0. The molecule has 1 N–H and O–H groups in total. The second-order valence-electron chi connectivity index (χ2n) is 9.29. The number of amides is 2. The Bertz CT molecular complexity index is 762. The number of benzene rings is 1. The Morgan fingerprint density at radius 3 is 2.10 bits per heavy atom. The van der Waals surface area contributed by atoms with E-state index in [1.807, 2.05) is 4.90 Å². The van der Waals surface area contributed by atoms with Gasteiger partial charge >= 0.3 is 0 Å². The zero-order valence-electron chi connectivity index (χ0n) is 19.1. The van der Waals surface area contributed by atoms with Crippen molar-refractivity contribution in [3.8, 4) is 0 Å². The first-order chi connectivity index (χ1) is 14.8. The predicted molar refractivity (Wildman–Crippen MR) is 122 cm³/mol. The van der Waals surface area contributed by atoms with Gasteiger partial charge < -0.3 is 15.1 Å². The second kappa shape index (κ2) is 10.9. The van der Waals surface area contributed by atoms with Crippen LogP contribution in [-0.2, 0) is 9.59 Å². The van der Waals surface area contributed by atoms with Gasteiger partial charge in [-0.05, 0) is 49.4 Å². The highest BCUT2D eigenvalue weighted by atomic mass is 16.2. The minimum Gasteiger partial charge on any atom is -0.341 e. The van der Waals surface area contributed by atoms with E-state index in [0.717, 1.165) is 39.3 Å². The molecule has 7 nitrogen and oxygen atoms in total. The third-order valence-corrected chi connectivity index (χ3v) is 6.28. The van der Waals surface area contributed by atoms with Crippen LogP contribution in [0, 0.1) is 11.8 Å². The van der Waals surface area contributed by atoms with Gasteiger partial charge in [-0.15, -0.1) is 0 Å². The van der Waals surface area contributed by atoms with E-state index in [9.17, 15) is 14.4 Å². The highest BCUT2D eigenvalue weighted by Gasteiger charge is 2.27. The monoisotopic (exact) mass is 428 g/mol. The third-order valence-electron chi connectivity index (χ3n) is 6.28. The summed E-state index contributed by atoms with van der Waals surface area (Å²) in [5, 5.41) is 2.89. The summed E-state index contributed by atoms with van der Waals surface area (Å²) in [6.45, 7) is 12.4. The highest BCUT2D eigenvalue weighted by molar-refractivity contribution is 5.95. The first-order valence-electron chi connectivity index (χ1n) is 11.4. The first-order valence-corrected chi connectivity index (χ1v) is 11.4. The molecule has 2 atom stereocenters. The molecular weight excluding hydrogens is 392 g/mol. The van der Waals surface area contributed by atoms with Gasteiger partial charge in [0, 0.05) is 63.5 Å². The Morgan fingerprint density at radius 1 is 0.935 bits per heavy atom. The molecule has 0 saturated carbocycles. The molecule has 0 spiro atoms. The zero-order valence-corrected chi connectivity index (χ0v) is 19.1. The molecule has 0 aromatic heterocycles. The number of piperazine rings is 1. The molecule has 0 aliphatic carbocycles. The van der Waals surface area contributed by atoms with Crippen LogP contribution in [-0.4, -0.2) is 84.7 Å². The van der Waals surface area contributed by atoms with E-state index < -0.39 is 0 Å². The van der Waals surface area contributed by atoms with E-state index in [1.54, 1.807) is 24.3 Å². The fourth-order valence-corrected chi connectivity index (χ4v) is 4.60. The quantitative estimate of drug-likeness (QED) is 0.675. The Kier molecular flexibility index (Phi) is 8.21. The molecule has 1 aromatic carbocycles. The molecule has 0 radical (unpaired) electrons. The fourth-order valence-electron chi connectivity index (χ4n) is 4.60. The normalized spacial score (nSPS) is 22.9. The van der Waals surface area contributed by atoms with Crippen molar-refractivity contribution in [2.45, 2.75) is 33.6 Å². The molecule has 7 heteroatoms. The molecule has 31 heavy (non-hydrogen) atoms. The summed E-state index contributed by atoms with van der Waals surface area (Å²) in [5.74, 6) is 1.41. The van der Waals surface area contributed by atoms with Crippen LogP contribution >= 0.6 is 0 Å². The van der Waals surface area contributed by atoms with Crippen molar-refractivity contribution >= 4 is 23.3 Å². The molecule has 170 valence electrons. The van der Waals surface area contributed by atoms with E-state index >= 15 is 0 Å². The first kappa shape index (κ1) is 23.4. The van der Waals surface area contributed by atoms with Gasteiger partial charge in [0.1, 0.15) is 0 Å². The van der Waals surface area contributed by atoms with Gasteiger partial charge in [-0.2, -0.15) is 0 Å². The average Bonchev–Trinajstić information content (AvgIpc) is 2.73. The molecule has 2 heterocycles. The topological polar surface area (TPSA) is 73.0 Å². The third kappa shape index (κ3) is 7.14. The number of likely N-dealkylation sites (tertiary alicyclic amines) is 1. The molecule has 1 aromatic rings. The lowest BCUT2D eigenvalue weighted by Crippen LogP contribution is -2.52. The van der Waals surface area contributed by atoms with Crippen molar-refractivity contribution in [3.63, 3.8) is 0 Å². The Morgan fingerprint density at radius 2 is 1.52 bits per heavy atom. The number of Topliss-reactive ketones (excluding diaryl/α,β-unsaturated/α-hetero) is 1. The summed E-state index contributed by atoms with van der Waals surface area (Å²) in [5.41, 5.74) is 1.35. The molecule has 3 rings (SSSR count). The lowest BCUT2D eigenvalue weighted by molar-refractivity contribution is -0.135. The number of hydrogen-bond acceptors (Lipinski definition) is 5. The van der Waals surface area contributed by atoms with Gasteiger partial charge in [0.25, 0.3) is 0 Å². The maximum Gasteiger partial charge on any atom is 0.236 e. The second-order valence-corrected chi connectivity index (χ2v) is 9.29. The minimum atomic E-state index is -0.0264. The maximum atomic E-state index is 12.7. The van der Waals surface area contributed by atoms with Crippen LogP contribution in [0.5, 0.6) is 0 Å². The Hall–Kier alpha value is -2.25. The van der Waals surface area contributed by atoms with Crippen molar-refractivity contribution in [3.05, 3.63) is 29.8 Å². The van der Waals surface area contributed by atoms with Crippen molar-refractivity contribution in [1.82, 2.24) is 14.7 Å². The van der Waals surface area contributed by atoms with Crippen LogP contribution in [0.3, 0.4) is 0 Å². The van der Waals surface area contributed by atoms with Gasteiger partial charge in [-0.25, -0.2) is 0 Å². The summed E-state index contributed by atoms with van der Waals surface area (Å²) < 4.78 is 0. The van der Waals surface area contributed by atoms with Crippen LogP contribution in [0.1, 0.15) is 44.0 Å². The van der Waals surface area contributed by atoms with Gasteiger partial charge in [0.15, 0.2) is 5.78 Å². The van der Waals surface area contributed by atoms with Crippen molar-refractivity contribution in [2.75, 3.05) is 57.7 Å². The number of anilines is 1. The molecule has 2 unspecified atom stereocenters. The largest absolute Gasteiger partial charge is 0.341 e. The lowest BCUT2D eigenvalue weighted by atomic mass is 9.92. The zero-order chi connectivity index (χ0) is 22.4. The molecule has 2 saturated heterocycles.